The summed E-state index contributed by atoms with van der Waals surface area (Å²) in [4.78, 5) is 3.71. The first-order chi connectivity index (χ1) is 8.03. The van der Waals surface area contributed by atoms with E-state index in [0.717, 1.165) is 0 Å². The minimum atomic E-state index is -3.93. The molecule has 0 bridgehead atoms. The van der Waals surface area contributed by atoms with E-state index in [-0.39, 0.29) is 17.4 Å². The largest absolute Gasteiger partial charge is 0.392 e. The summed E-state index contributed by atoms with van der Waals surface area (Å²) in [6, 6.07) is 0. The van der Waals surface area contributed by atoms with Crippen molar-refractivity contribution in [3.8, 4) is 5.75 Å². The normalized spacial score (nSPS) is 11.6. The van der Waals surface area contributed by atoms with Gasteiger partial charge >= 0.3 is 10.1 Å². The van der Waals surface area contributed by atoms with Gasteiger partial charge in [0.2, 0.25) is 5.03 Å². The van der Waals surface area contributed by atoms with Gasteiger partial charge in [-0.2, -0.15) is 8.42 Å². The van der Waals surface area contributed by atoms with E-state index >= 15 is 0 Å². The molecule has 2 aromatic rings. The Bertz CT molecular complexity index is 614. The number of imidazole rings is 1. The van der Waals surface area contributed by atoms with E-state index < -0.39 is 10.1 Å². The molecule has 0 atom stereocenters. The van der Waals surface area contributed by atoms with Gasteiger partial charge < -0.3 is 13.9 Å². The summed E-state index contributed by atoms with van der Waals surface area (Å²) >= 11 is 1.26. The molecule has 0 amide bonds. The molecule has 0 aliphatic carbocycles. The molecule has 1 N–H and O–H groups in total. The van der Waals surface area contributed by atoms with E-state index in [9.17, 15) is 8.42 Å². The lowest BCUT2D eigenvalue weighted by atomic mass is 10.3. The molecule has 2 aromatic heterocycles. The minimum absolute atomic E-state index is 0.142. The van der Waals surface area contributed by atoms with Gasteiger partial charge in [-0.25, -0.2) is 4.98 Å². The van der Waals surface area contributed by atoms with Gasteiger partial charge in [-0.1, -0.05) is 0 Å². The Labute approximate surface area is 102 Å². The van der Waals surface area contributed by atoms with Crippen LogP contribution in [0.4, 0.5) is 0 Å². The number of hydrogen-bond donors (Lipinski definition) is 1. The monoisotopic (exact) mass is 274 g/mol. The molecule has 6 nitrogen and oxygen atoms in total. The van der Waals surface area contributed by atoms with Crippen molar-refractivity contribution in [2.75, 3.05) is 0 Å². The lowest BCUT2D eigenvalue weighted by Crippen LogP contribution is -2.10. The summed E-state index contributed by atoms with van der Waals surface area (Å²) < 4.78 is 30.0. The number of aryl methyl sites for hydroxylation is 1. The van der Waals surface area contributed by atoms with Crippen molar-refractivity contribution in [3.05, 3.63) is 28.8 Å². The molecule has 92 valence electrons. The molecule has 0 spiro atoms. The number of hydrogen-bond acceptors (Lipinski definition) is 6. The molecule has 0 radical (unpaired) electrons. The molecule has 0 unspecified atom stereocenters. The molecular weight excluding hydrogens is 264 g/mol. The van der Waals surface area contributed by atoms with Crippen molar-refractivity contribution in [2.45, 2.75) is 11.6 Å². The molecule has 0 saturated heterocycles. The highest BCUT2D eigenvalue weighted by molar-refractivity contribution is 7.87. The summed E-state index contributed by atoms with van der Waals surface area (Å²) in [5.74, 6) is 0.142. The molecular formula is C9H10N2O4S2. The maximum atomic E-state index is 11.8. The highest BCUT2D eigenvalue weighted by atomic mass is 32.2. The molecule has 0 fully saturated rings. The van der Waals surface area contributed by atoms with Crippen LogP contribution in [0.5, 0.6) is 5.75 Å². The Hall–Kier alpha value is -1.38. The molecule has 0 aliphatic rings. The second-order valence-electron chi connectivity index (χ2n) is 3.33. The topological polar surface area (TPSA) is 81.4 Å². The van der Waals surface area contributed by atoms with E-state index in [2.05, 4.69) is 4.98 Å². The quantitative estimate of drug-likeness (QED) is 0.832. The first-order valence-electron chi connectivity index (χ1n) is 4.61. The minimum Gasteiger partial charge on any atom is -0.392 e. The highest BCUT2D eigenvalue weighted by Crippen LogP contribution is 2.26. The molecule has 2 heterocycles. The molecule has 0 aliphatic heterocycles. The zero-order chi connectivity index (χ0) is 12.5. The zero-order valence-electron chi connectivity index (χ0n) is 8.90. The Balaban J connectivity index is 2.29. The number of aliphatic hydroxyl groups excluding tert-OH is 1. The smallest absolute Gasteiger partial charge is 0.358 e. The van der Waals surface area contributed by atoms with Gasteiger partial charge in [0.25, 0.3) is 0 Å². The lowest BCUT2D eigenvalue weighted by molar-refractivity contribution is 0.279. The molecule has 8 heteroatoms. The number of rotatable bonds is 4. The van der Waals surface area contributed by atoms with Crippen LogP contribution in [0.1, 0.15) is 5.56 Å². The second-order valence-corrected chi connectivity index (χ2v) is 5.57. The lowest BCUT2D eigenvalue weighted by Gasteiger charge is -2.04. The van der Waals surface area contributed by atoms with Crippen LogP contribution in [-0.2, 0) is 23.8 Å². The van der Waals surface area contributed by atoms with Crippen molar-refractivity contribution >= 4 is 21.5 Å². The van der Waals surface area contributed by atoms with E-state index in [1.807, 2.05) is 0 Å². The average Bonchev–Trinajstić information content (AvgIpc) is 2.86. The summed E-state index contributed by atoms with van der Waals surface area (Å²) in [6.07, 6.45) is 2.72. The van der Waals surface area contributed by atoms with Gasteiger partial charge in [-0.3, -0.25) is 0 Å². The van der Waals surface area contributed by atoms with Gasteiger partial charge in [-0.15, -0.1) is 11.3 Å². The summed E-state index contributed by atoms with van der Waals surface area (Å²) in [5.41, 5.74) is 0.439. The fourth-order valence-electron chi connectivity index (χ4n) is 1.18. The van der Waals surface area contributed by atoms with Gasteiger partial charge in [0.05, 0.1) is 12.9 Å². The fraction of sp³-hybridized carbons (Fsp3) is 0.222. The Morgan fingerprint density at radius 2 is 2.29 bits per heavy atom. The number of thiophene rings is 1. The summed E-state index contributed by atoms with van der Waals surface area (Å²) in [7, 11) is -2.27. The van der Waals surface area contributed by atoms with E-state index in [4.69, 9.17) is 9.29 Å². The Morgan fingerprint density at radius 1 is 1.53 bits per heavy atom. The molecule has 0 aromatic carbocycles. The second kappa shape index (κ2) is 4.47. The van der Waals surface area contributed by atoms with Crippen molar-refractivity contribution in [1.82, 2.24) is 9.55 Å². The summed E-state index contributed by atoms with van der Waals surface area (Å²) in [5, 5.41) is 12.0. The van der Waals surface area contributed by atoms with Crippen LogP contribution >= 0.6 is 11.3 Å². The van der Waals surface area contributed by atoms with E-state index in [0.29, 0.717) is 5.56 Å². The number of aromatic nitrogens is 2. The first kappa shape index (κ1) is 12.1. The summed E-state index contributed by atoms with van der Waals surface area (Å²) in [6.45, 7) is -0.267. The first-order valence-corrected chi connectivity index (χ1v) is 6.96. The van der Waals surface area contributed by atoms with Gasteiger partial charge in [0.1, 0.15) is 0 Å². The maximum absolute atomic E-state index is 11.8. The number of aliphatic hydroxyl groups is 1. The van der Waals surface area contributed by atoms with Crippen LogP contribution in [0, 0.1) is 0 Å². The van der Waals surface area contributed by atoms with Crippen LogP contribution < -0.4 is 4.18 Å². The highest BCUT2D eigenvalue weighted by Gasteiger charge is 2.21. The predicted octanol–water partition coefficient (Wildman–Crippen LogP) is 0.742. The van der Waals surface area contributed by atoms with Crippen LogP contribution in [0.15, 0.2) is 28.3 Å². The van der Waals surface area contributed by atoms with Crippen LogP contribution in [0.2, 0.25) is 0 Å². The standard InChI is InChI=1S/C9H10N2O4S2/c1-11-2-9(10-6-11)17(13,14)15-8-5-16-4-7(8)3-12/h2,4-6,12H,3H2,1H3. The van der Waals surface area contributed by atoms with Crippen LogP contribution in [0.25, 0.3) is 0 Å². The SMILES string of the molecule is Cn1cnc(S(=O)(=O)Oc2cscc2CO)c1. The van der Waals surface area contributed by atoms with Gasteiger partial charge in [0.15, 0.2) is 5.75 Å². The Kier molecular flexibility index (Phi) is 3.18. The third-order valence-electron chi connectivity index (χ3n) is 2.01. The molecule has 17 heavy (non-hydrogen) atoms. The Morgan fingerprint density at radius 3 is 2.88 bits per heavy atom. The molecule has 0 saturated carbocycles. The van der Waals surface area contributed by atoms with Crippen molar-refractivity contribution < 1.29 is 17.7 Å². The average molecular weight is 274 g/mol. The van der Waals surface area contributed by atoms with E-state index in [1.165, 1.54) is 33.8 Å². The third kappa shape index (κ3) is 2.48. The van der Waals surface area contributed by atoms with Crippen molar-refractivity contribution in [2.24, 2.45) is 7.05 Å². The fourth-order valence-corrected chi connectivity index (χ4v) is 2.93. The van der Waals surface area contributed by atoms with Gasteiger partial charge in [0, 0.05) is 29.6 Å². The number of nitrogens with zero attached hydrogens (tertiary/aromatic N) is 2. The zero-order valence-corrected chi connectivity index (χ0v) is 10.5. The predicted molar refractivity (Wildman–Crippen MR) is 61.3 cm³/mol. The van der Waals surface area contributed by atoms with E-state index in [1.54, 1.807) is 12.4 Å². The maximum Gasteiger partial charge on any atom is 0.358 e. The molecule has 2 rings (SSSR count). The van der Waals surface area contributed by atoms with Crippen LogP contribution in [-0.4, -0.2) is 23.1 Å². The van der Waals surface area contributed by atoms with Crippen molar-refractivity contribution in [3.63, 3.8) is 0 Å². The van der Waals surface area contributed by atoms with Crippen LogP contribution in [0.3, 0.4) is 0 Å². The third-order valence-corrected chi connectivity index (χ3v) is 3.90. The van der Waals surface area contributed by atoms with Gasteiger partial charge in [-0.05, 0) is 0 Å². The van der Waals surface area contributed by atoms with Crippen molar-refractivity contribution in [1.29, 1.82) is 0 Å².